The number of amides is 1. The molecule has 0 aliphatic rings. The van der Waals surface area contributed by atoms with E-state index in [-0.39, 0.29) is 5.91 Å². The Morgan fingerprint density at radius 1 is 1.09 bits per heavy atom. The molecule has 1 amide bonds. The van der Waals surface area contributed by atoms with Crippen molar-refractivity contribution in [2.45, 2.75) is 33.6 Å². The molecule has 0 heterocycles. The van der Waals surface area contributed by atoms with Crippen molar-refractivity contribution in [2.75, 3.05) is 11.9 Å². The number of hydrogen-bond donors (Lipinski definition) is 1. The number of para-hydroxylation sites is 1. The molecular weight excluding hydrogens is 310 g/mol. The molecule has 4 heteroatoms. The summed E-state index contributed by atoms with van der Waals surface area (Å²) >= 11 is 6.13. The van der Waals surface area contributed by atoms with Gasteiger partial charge < -0.3 is 10.1 Å². The Labute approximate surface area is 142 Å². The summed E-state index contributed by atoms with van der Waals surface area (Å²) in [7, 11) is 0. The molecule has 0 atom stereocenters. The van der Waals surface area contributed by atoms with Crippen molar-refractivity contribution in [1.29, 1.82) is 0 Å². The smallest absolute Gasteiger partial charge is 0.224 e. The summed E-state index contributed by atoms with van der Waals surface area (Å²) in [5, 5.41) is 3.70. The molecule has 0 unspecified atom stereocenters. The average Bonchev–Trinajstić information content (AvgIpc) is 2.51. The Bertz CT molecular complexity index is 675. The van der Waals surface area contributed by atoms with E-state index in [1.165, 1.54) is 0 Å². The van der Waals surface area contributed by atoms with Crippen LogP contribution >= 0.6 is 11.6 Å². The van der Waals surface area contributed by atoms with Gasteiger partial charge in [0.2, 0.25) is 5.91 Å². The first-order valence-corrected chi connectivity index (χ1v) is 8.10. The van der Waals surface area contributed by atoms with E-state index in [4.69, 9.17) is 16.3 Å². The van der Waals surface area contributed by atoms with Crippen LogP contribution in [0.1, 0.15) is 29.5 Å². The van der Waals surface area contributed by atoms with Crippen LogP contribution in [0.25, 0.3) is 0 Å². The van der Waals surface area contributed by atoms with E-state index in [0.29, 0.717) is 19.4 Å². The van der Waals surface area contributed by atoms with Crippen LogP contribution < -0.4 is 10.1 Å². The van der Waals surface area contributed by atoms with Crippen molar-refractivity contribution >= 4 is 23.2 Å². The summed E-state index contributed by atoms with van der Waals surface area (Å²) in [4.78, 5) is 11.9. The Balaban J connectivity index is 1.77. The summed E-state index contributed by atoms with van der Waals surface area (Å²) in [5.74, 6) is 0.801. The summed E-state index contributed by atoms with van der Waals surface area (Å²) in [5.41, 5.74) is 3.92. The summed E-state index contributed by atoms with van der Waals surface area (Å²) in [6.45, 7) is 6.39. The highest BCUT2D eigenvalue weighted by atomic mass is 35.5. The molecule has 2 rings (SSSR count). The van der Waals surface area contributed by atoms with Gasteiger partial charge in [-0.2, -0.15) is 0 Å². The first-order chi connectivity index (χ1) is 11.0. The van der Waals surface area contributed by atoms with Crippen molar-refractivity contribution in [3.05, 3.63) is 58.1 Å². The second-order valence-electron chi connectivity index (χ2n) is 5.69. The largest absolute Gasteiger partial charge is 0.494 e. The molecule has 0 saturated carbocycles. The molecule has 23 heavy (non-hydrogen) atoms. The van der Waals surface area contributed by atoms with E-state index in [1.54, 1.807) is 0 Å². The number of hydrogen-bond acceptors (Lipinski definition) is 2. The van der Waals surface area contributed by atoms with Crippen LogP contribution in [0, 0.1) is 20.8 Å². The molecule has 0 aromatic heterocycles. The van der Waals surface area contributed by atoms with E-state index in [9.17, 15) is 4.79 Å². The van der Waals surface area contributed by atoms with Gasteiger partial charge in [0.15, 0.2) is 0 Å². The van der Waals surface area contributed by atoms with Crippen LogP contribution in [-0.4, -0.2) is 12.5 Å². The summed E-state index contributed by atoms with van der Waals surface area (Å²) in [6, 6.07) is 11.6. The molecule has 3 nitrogen and oxygen atoms in total. The molecule has 2 aromatic rings. The van der Waals surface area contributed by atoms with E-state index < -0.39 is 0 Å². The van der Waals surface area contributed by atoms with Crippen LogP contribution in [0.2, 0.25) is 5.02 Å². The second-order valence-corrected chi connectivity index (χ2v) is 6.06. The monoisotopic (exact) mass is 331 g/mol. The molecule has 0 aliphatic heterocycles. The van der Waals surface area contributed by atoms with Crippen LogP contribution in [0.15, 0.2) is 36.4 Å². The minimum atomic E-state index is 0.00590. The number of halogens is 1. The Kier molecular flexibility index (Phi) is 6.05. The van der Waals surface area contributed by atoms with Gasteiger partial charge in [-0.25, -0.2) is 0 Å². The number of anilines is 1. The summed E-state index contributed by atoms with van der Waals surface area (Å²) in [6.07, 6.45) is 1.10. The minimum absolute atomic E-state index is 0.00590. The zero-order valence-electron chi connectivity index (χ0n) is 13.8. The molecule has 122 valence electrons. The Morgan fingerprint density at radius 2 is 1.74 bits per heavy atom. The van der Waals surface area contributed by atoms with Crippen molar-refractivity contribution in [2.24, 2.45) is 0 Å². The maximum atomic E-state index is 11.9. The fraction of sp³-hybridized carbons (Fsp3) is 0.316. The summed E-state index contributed by atoms with van der Waals surface area (Å²) < 4.78 is 5.71. The molecule has 0 radical (unpaired) electrons. The quantitative estimate of drug-likeness (QED) is 0.751. The third-order valence-electron chi connectivity index (χ3n) is 3.65. The number of carbonyl (C=O) groups excluding carboxylic acids is 1. The SMILES string of the molecule is Cc1ccccc1NC(=O)CCCOc1cc(C)c(Cl)c(C)c1. The van der Waals surface area contributed by atoms with E-state index in [0.717, 1.165) is 33.1 Å². The number of rotatable bonds is 6. The normalized spacial score (nSPS) is 10.4. The van der Waals surface area contributed by atoms with E-state index in [1.807, 2.05) is 57.2 Å². The lowest BCUT2D eigenvalue weighted by atomic mass is 10.1. The number of aryl methyl sites for hydroxylation is 3. The zero-order chi connectivity index (χ0) is 16.8. The Hall–Kier alpha value is -2.00. The lowest BCUT2D eigenvalue weighted by Gasteiger charge is -2.10. The predicted molar refractivity (Wildman–Crippen MR) is 95.5 cm³/mol. The van der Waals surface area contributed by atoms with Gasteiger partial charge in [0, 0.05) is 17.1 Å². The fourth-order valence-corrected chi connectivity index (χ4v) is 2.45. The van der Waals surface area contributed by atoms with Crippen LogP contribution in [0.4, 0.5) is 5.69 Å². The standard InChI is InChI=1S/C19H22ClNO2/c1-13-7-4-5-8-17(13)21-18(22)9-6-10-23-16-11-14(2)19(20)15(3)12-16/h4-5,7-8,11-12H,6,9-10H2,1-3H3,(H,21,22). The maximum Gasteiger partial charge on any atom is 0.224 e. The first-order valence-electron chi connectivity index (χ1n) is 7.72. The number of carbonyl (C=O) groups is 1. The number of ether oxygens (including phenoxy) is 1. The highest BCUT2D eigenvalue weighted by Crippen LogP contribution is 2.26. The highest BCUT2D eigenvalue weighted by molar-refractivity contribution is 6.32. The molecule has 0 saturated heterocycles. The van der Waals surface area contributed by atoms with Crippen LogP contribution in [0.3, 0.4) is 0 Å². The van der Waals surface area contributed by atoms with Crippen LogP contribution in [0.5, 0.6) is 5.75 Å². The molecule has 0 fully saturated rings. The maximum absolute atomic E-state index is 11.9. The zero-order valence-corrected chi connectivity index (χ0v) is 14.5. The van der Waals surface area contributed by atoms with E-state index in [2.05, 4.69) is 5.32 Å². The lowest BCUT2D eigenvalue weighted by molar-refractivity contribution is -0.116. The molecule has 2 aromatic carbocycles. The van der Waals surface area contributed by atoms with Crippen molar-refractivity contribution in [1.82, 2.24) is 0 Å². The number of benzene rings is 2. The Morgan fingerprint density at radius 3 is 2.39 bits per heavy atom. The molecule has 1 N–H and O–H groups in total. The third-order valence-corrected chi connectivity index (χ3v) is 4.24. The van der Waals surface area contributed by atoms with Gasteiger partial charge >= 0.3 is 0 Å². The third kappa shape index (κ3) is 5.00. The lowest BCUT2D eigenvalue weighted by Crippen LogP contribution is -2.13. The first kappa shape index (κ1) is 17.4. The second kappa shape index (κ2) is 8.02. The average molecular weight is 332 g/mol. The predicted octanol–water partition coefficient (Wildman–Crippen LogP) is 5.06. The van der Waals surface area contributed by atoms with Gasteiger partial charge in [-0.1, -0.05) is 29.8 Å². The van der Waals surface area contributed by atoms with Gasteiger partial charge in [0.25, 0.3) is 0 Å². The molecule has 0 spiro atoms. The fourth-order valence-electron chi connectivity index (χ4n) is 2.34. The van der Waals surface area contributed by atoms with Crippen molar-refractivity contribution in [3.63, 3.8) is 0 Å². The van der Waals surface area contributed by atoms with Gasteiger partial charge in [-0.15, -0.1) is 0 Å². The highest BCUT2D eigenvalue weighted by Gasteiger charge is 2.06. The van der Waals surface area contributed by atoms with Crippen molar-refractivity contribution < 1.29 is 9.53 Å². The van der Waals surface area contributed by atoms with Crippen LogP contribution in [-0.2, 0) is 4.79 Å². The minimum Gasteiger partial charge on any atom is -0.494 e. The van der Waals surface area contributed by atoms with Gasteiger partial charge in [-0.3, -0.25) is 4.79 Å². The topological polar surface area (TPSA) is 38.3 Å². The van der Waals surface area contributed by atoms with E-state index >= 15 is 0 Å². The molecular formula is C19H22ClNO2. The van der Waals surface area contributed by atoms with Crippen molar-refractivity contribution in [3.8, 4) is 5.75 Å². The van der Waals surface area contributed by atoms with Gasteiger partial charge in [0.05, 0.1) is 6.61 Å². The number of nitrogens with one attached hydrogen (secondary N) is 1. The van der Waals surface area contributed by atoms with Gasteiger partial charge in [-0.05, 0) is 62.1 Å². The molecule has 0 bridgehead atoms. The van der Waals surface area contributed by atoms with Gasteiger partial charge in [0.1, 0.15) is 5.75 Å². The molecule has 0 aliphatic carbocycles.